The first kappa shape index (κ1) is 18.3. The molecule has 0 N–H and O–H groups in total. The molecule has 25 heavy (non-hydrogen) atoms. The molecule has 0 aromatic rings. The maximum Gasteiger partial charge on any atom is 0.0923 e. The molecule has 0 amide bonds. The smallest absolute Gasteiger partial charge is 0.0923 e. The van der Waals surface area contributed by atoms with Crippen molar-refractivity contribution in [3.63, 3.8) is 0 Å². The summed E-state index contributed by atoms with van der Waals surface area (Å²) >= 11 is 0. The molecule has 0 bridgehead atoms. The average molecular weight is 349 g/mol. The van der Waals surface area contributed by atoms with Crippen molar-refractivity contribution in [2.75, 3.05) is 0 Å². The van der Waals surface area contributed by atoms with Crippen LogP contribution in [0, 0.1) is 29.1 Å². The van der Waals surface area contributed by atoms with Gasteiger partial charge < -0.3 is 9.47 Å². The van der Waals surface area contributed by atoms with Crippen molar-refractivity contribution >= 4 is 0 Å². The van der Waals surface area contributed by atoms with Crippen LogP contribution < -0.4 is 0 Å². The Morgan fingerprint density at radius 2 is 1.36 bits per heavy atom. The predicted molar refractivity (Wildman–Crippen MR) is 103 cm³/mol. The topological polar surface area (TPSA) is 25.1 Å². The van der Waals surface area contributed by atoms with Gasteiger partial charge in [-0.1, -0.05) is 27.7 Å². The third-order valence-electron chi connectivity index (χ3n) is 7.85. The second-order valence-corrected chi connectivity index (χ2v) is 11.7. The molecule has 0 aromatic carbocycles. The Hall–Kier alpha value is -0.0800. The fourth-order valence-electron chi connectivity index (χ4n) is 6.74. The quantitative estimate of drug-likeness (QED) is 0.571. The van der Waals surface area contributed by atoms with Gasteiger partial charge in [0.2, 0.25) is 0 Å². The Kier molecular flexibility index (Phi) is 4.36. The van der Waals surface area contributed by atoms with Crippen LogP contribution in [-0.2, 0) is 9.47 Å². The maximum absolute atomic E-state index is 6.04. The van der Waals surface area contributed by atoms with Crippen LogP contribution in [0.3, 0.4) is 0 Å². The highest BCUT2D eigenvalue weighted by Crippen LogP contribution is 2.57. The van der Waals surface area contributed by atoms with Gasteiger partial charge in [-0.05, 0) is 94.3 Å². The van der Waals surface area contributed by atoms with Crippen LogP contribution in [0.1, 0.15) is 92.9 Å². The van der Waals surface area contributed by atoms with E-state index >= 15 is 0 Å². The van der Waals surface area contributed by atoms with E-state index in [1.54, 1.807) is 0 Å². The van der Waals surface area contributed by atoms with Gasteiger partial charge in [-0.15, -0.1) is 0 Å². The monoisotopic (exact) mass is 348 g/mol. The number of epoxide rings is 2. The van der Waals surface area contributed by atoms with Gasteiger partial charge in [-0.25, -0.2) is 0 Å². The second-order valence-electron chi connectivity index (χ2n) is 11.7. The van der Waals surface area contributed by atoms with Crippen molar-refractivity contribution in [2.45, 2.75) is 116 Å². The van der Waals surface area contributed by atoms with E-state index in [0.717, 1.165) is 23.7 Å². The van der Waals surface area contributed by atoms with Gasteiger partial charge in [0.15, 0.2) is 0 Å². The lowest BCUT2D eigenvalue weighted by atomic mass is 9.63. The van der Waals surface area contributed by atoms with E-state index in [9.17, 15) is 0 Å². The van der Waals surface area contributed by atoms with Gasteiger partial charge in [-0.3, -0.25) is 0 Å². The van der Waals surface area contributed by atoms with E-state index in [-0.39, 0.29) is 11.2 Å². The molecule has 2 aliphatic carbocycles. The summed E-state index contributed by atoms with van der Waals surface area (Å²) in [4.78, 5) is 0. The Balaban J connectivity index is 1.46. The summed E-state index contributed by atoms with van der Waals surface area (Å²) < 4.78 is 12.1. The Bertz CT molecular complexity index is 475. The lowest BCUT2D eigenvalue weighted by Crippen LogP contribution is -2.36. The zero-order valence-electron chi connectivity index (χ0n) is 17.4. The van der Waals surface area contributed by atoms with Crippen molar-refractivity contribution in [2.24, 2.45) is 29.1 Å². The molecule has 7 unspecified atom stereocenters. The van der Waals surface area contributed by atoms with Gasteiger partial charge in [0.25, 0.3) is 0 Å². The summed E-state index contributed by atoms with van der Waals surface area (Å²) in [5.74, 6) is 3.44. The van der Waals surface area contributed by atoms with Gasteiger partial charge in [0, 0.05) is 0 Å². The Labute approximate surface area is 155 Å². The molecule has 0 aromatic heterocycles. The van der Waals surface area contributed by atoms with Gasteiger partial charge >= 0.3 is 0 Å². The van der Waals surface area contributed by atoms with Crippen LogP contribution >= 0.6 is 0 Å². The van der Waals surface area contributed by atoms with E-state index in [0.29, 0.717) is 17.6 Å². The van der Waals surface area contributed by atoms with Crippen molar-refractivity contribution in [3.8, 4) is 0 Å². The van der Waals surface area contributed by atoms with Crippen LogP contribution in [0.2, 0.25) is 0 Å². The predicted octanol–water partition coefficient (Wildman–Crippen LogP) is 5.98. The lowest BCUT2D eigenvalue weighted by molar-refractivity contribution is 0.0970. The van der Waals surface area contributed by atoms with Crippen LogP contribution in [0.15, 0.2) is 0 Å². The molecule has 0 radical (unpaired) electrons. The fraction of sp³-hybridized carbons (Fsp3) is 1.00. The van der Waals surface area contributed by atoms with Crippen LogP contribution in [0.4, 0.5) is 0 Å². The van der Waals surface area contributed by atoms with E-state index in [1.165, 1.54) is 51.4 Å². The molecule has 4 fully saturated rings. The molecule has 2 saturated carbocycles. The molecule has 144 valence electrons. The van der Waals surface area contributed by atoms with Crippen LogP contribution in [0.25, 0.3) is 0 Å². The molecule has 0 spiro atoms. The summed E-state index contributed by atoms with van der Waals surface area (Å²) in [7, 11) is 0. The SMILES string of the molecule is CC(CC(C1CCC2OC2(C)C1)C1CCC2OC2(C)C1)CC(C)(C)C. The molecule has 4 rings (SSSR count). The minimum Gasteiger partial charge on any atom is -0.366 e. The molecule has 4 aliphatic rings. The third-order valence-corrected chi connectivity index (χ3v) is 7.85. The van der Waals surface area contributed by atoms with Gasteiger partial charge in [0.05, 0.1) is 23.4 Å². The largest absolute Gasteiger partial charge is 0.366 e. The third kappa shape index (κ3) is 3.81. The Morgan fingerprint density at radius 3 is 1.76 bits per heavy atom. The van der Waals surface area contributed by atoms with Crippen molar-refractivity contribution in [3.05, 3.63) is 0 Å². The van der Waals surface area contributed by atoms with Crippen molar-refractivity contribution in [1.29, 1.82) is 0 Å². The maximum atomic E-state index is 6.04. The molecule has 2 heterocycles. The molecular weight excluding hydrogens is 308 g/mol. The molecule has 2 nitrogen and oxygen atoms in total. The van der Waals surface area contributed by atoms with E-state index in [2.05, 4.69) is 41.5 Å². The van der Waals surface area contributed by atoms with E-state index in [4.69, 9.17) is 9.47 Å². The first-order valence-corrected chi connectivity index (χ1v) is 10.9. The van der Waals surface area contributed by atoms with Crippen molar-refractivity contribution < 1.29 is 9.47 Å². The molecule has 2 heteroatoms. The van der Waals surface area contributed by atoms with Crippen LogP contribution in [-0.4, -0.2) is 23.4 Å². The van der Waals surface area contributed by atoms with E-state index < -0.39 is 0 Å². The second kappa shape index (κ2) is 5.96. The van der Waals surface area contributed by atoms with E-state index in [1.807, 2.05) is 0 Å². The normalized spacial score (nSPS) is 48.2. The number of fused-ring (bicyclic) bond motifs is 2. The highest BCUT2D eigenvalue weighted by Gasteiger charge is 2.59. The lowest BCUT2D eigenvalue weighted by Gasteiger charge is -2.40. The van der Waals surface area contributed by atoms with Crippen molar-refractivity contribution in [1.82, 2.24) is 0 Å². The molecule has 2 saturated heterocycles. The minimum absolute atomic E-state index is 0.228. The standard InChI is InChI=1S/C23H40O2/c1-15(12-21(2,3)4)11-18(16-7-9-19-22(5,13-16)24-19)17-8-10-20-23(6,14-17)25-20/h15-20H,7-14H2,1-6H3. The minimum atomic E-state index is 0.228. The summed E-state index contributed by atoms with van der Waals surface area (Å²) in [6, 6.07) is 0. The number of hydrogen-bond acceptors (Lipinski definition) is 2. The summed E-state index contributed by atoms with van der Waals surface area (Å²) in [6.45, 7) is 14.4. The number of ether oxygens (including phenoxy) is 2. The first-order valence-electron chi connectivity index (χ1n) is 10.9. The zero-order chi connectivity index (χ0) is 18.0. The fourth-order valence-corrected chi connectivity index (χ4v) is 6.74. The summed E-state index contributed by atoms with van der Waals surface area (Å²) in [5, 5.41) is 0. The number of rotatable bonds is 5. The van der Waals surface area contributed by atoms with Gasteiger partial charge in [0.1, 0.15) is 0 Å². The molecule has 2 aliphatic heterocycles. The highest BCUT2D eigenvalue weighted by atomic mass is 16.6. The van der Waals surface area contributed by atoms with Gasteiger partial charge in [-0.2, -0.15) is 0 Å². The highest BCUT2D eigenvalue weighted by molar-refractivity contribution is 5.08. The summed E-state index contributed by atoms with van der Waals surface area (Å²) in [6.07, 6.45) is 11.9. The summed E-state index contributed by atoms with van der Waals surface area (Å²) in [5.41, 5.74) is 0.897. The Morgan fingerprint density at radius 1 is 0.880 bits per heavy atom. The molecular formula is C23H40O2. The van der Waals surface area contributed by atoms with Crippen LogP contribution in [0.5, 0.6) is 0 Å². The molecule has 7 atom stereocenters. The average Bonchev–Trinajstić information content (AvgIpc) is 3.34. The number of hydrogen-bond donors (Lipinski definition) is 0. The first-order chi connectivity index (χ1) is 11.6. The zero-order valence-corrected chi connectivity index (χ0v) is 17.4.